The molecule has 0 aliphatic rings. The van der Waals surface area contributed by atoms with Gasteiger partial charge in [0.15, 0.2) is 12.4 Å². The van der Waals surface area contributed by atoms with Crippen LogP contribution in [0.5, 0.6) is 0 Å². The number of rotatable bonds is 10. The fourth-order valence-electron chi connectivity index (χ4n) is 2.97. The van der Waals surface area contributed by atoms with Gasteiger partial charge in [-0.05, 0) is 12.1 Å². The summed E-state index contributed by atoms with van der Waals surface area (Å²) in [6, 6.07) is 21.5. The number of nitrogens with zero attached hydrogens (tertiary/aromatic N) is 1. The number of nitro groups is 1. The minimum Gasteiger partial charge on any atom is -0.456 e. The molecule has 0 spiro atoms. The third kappa shape index (κ3) is 6.09. The second kappa shape index (κ2) is 10.6. The highest BCUT2D eigenvalue weighted by Crippen LogP contribution is 2.16. The number of para-hydroxylation sites is 1. The van der Waals surface area contributed by atoms with Gasteiger partial charge in [-0.3, -0.25) is 19.7 Å². The lowest BCUT2D eigenvalue weighted by atomic mass is 10.0. The number of hydrogen-bond acceptors (Lipinski definition) is 7. The number of nitro benzene ring substituents is 1. The third-order valence-corrected chi connectivity index (χ3v) is 4.61. The largest absolute Gasteiger partial charge is 0.456 e. The molecular formula is C24H20N2O6. The van der Waals surface area contributed by atoms with Crippen molar-refractivity contribution in [2.45, 2.75) is 12.5 Å². The molecule has 3 rings (SSSR count). The molecule has 0 radical (unpaired) electrons. The number of ether oxygens (including phenoxy) is 1. The number of carbonyl (C=O) groups is 3. The van der Waals surface area contributed by atoms with Gasteiger partial charge >= 0.3 is 5.97 Å². The topological polar surface area (TPSA) is 116 Å². The average molecular weight is 432 g/mol. The summed E-state index contributed by atoms with van der Waals surface area (Å²) in [6.45, 7) is -0.605. The van der Waals surface area contributed by atoms with Crippen LogP contribution in [-0.2, 0) is 9.53 Å². The third-order valence-electron chi connectivity index (χ3n) is 4.61. The lowest BCUT2D eigenvalue weighted by Crippen LogP contribution is -2.34. The highest BCUT2D eigenvalue weighted by molar-refractivity contribution is 6.01. The molecule has 1 N–H and O–H groups in total. The van der Waals surface area contributed by atoms with E-state index in [1.54, 1.807) is 54.6 Å². The van der Waals surface area contributed by atoms with Gasteiger partial charge in [0.2, 0.25) is 5.78 Å². The number of anilines is 1. The van der Waals surface area contributed by atoms with Crippen molar-refractivity contribution in [3.63, 3.8) is 0 Å². The van der Waals surface area contributed by atoms with Gasteiger partial charge in [-0.1, -0.05) is 60.7 Å². The van der Waals surface area contributed by atoms with Gasteiger partial charge in [-0.25, -0.2) is 4.79 Å². The molecule has 1 atom stereocenters. The molecule has 0 saturated heterocycles. The summed E-state index contributed by atoms with van der Waals surface area (Å²) in [5.41, 5.74) is 0.882. The summed E-state index contributed by atoms with van der Waals surface area (Å²) in [5.74, 6) is -1.63. The predicted molar refractivity (Wildman–Crippen MR) is 118 cm³/mol. The van der Waals surface area contributed by atoms with E-state index in [1.165, 1.54) is 18.2 Å². The minimum absolute atomic E-state index is 0.0555. The highest BCUT2D eigenvalue weighted by Gasteiger charge is 2.25. The quantitative estimate of drug-likeness (QED) is 0.222. The monoisotopic (exact) mass is 432 g/mol. The van der Waals surface area contributed by atoms with Crippen molar-refractivity contribution in [2.24, 2.45) is 0 Å². The van der Waals surface area contributed by atoms with Crippen LogP contribution >= 0.6 is 0 Å². The molecule has 0 amide bonds. The van der Waals surface area contributed by atoms with E-state index in [1.807, 2.05) is 6.07 Å². The van der Waals surface area contributed by atoms with E-state index in [9.17, 15) is 24.5 Å². The van der Waals surface area contributed by atoms with Gasteiger partial charge in [0.05, 0.1) is 4.92 Å². The van der Waals surface area contributed by atoms with Crippen LogP contribution in [-0.4, -0.2) is 35.1 Å². The Morgan fingerprint density at radius 2 is 1.47 bits per heavy atom. The van der Waals surface area contributed by atoms with E-state index < -0.39 is 29.3 Å². The maximum absolute atomic E-state index is 12.7. The average Bonchev–Trinajstić information content (AvgIpc) is 2.83. The van der Waals surface area contributed by atoms with Crippen molar-refractivity contribution in [1.29, 1.82) is 0 Å². The van der Waals surface area contributed by atoms with Gasteiger partial charge in [0.1, 0.15) is 6.04 Å². The summed E-state index contributed by atoms with van der Waals surface area (Å²) < 4.78 is 5.16. The van der Waals surface area contributed by atoms with Crippen LogP contribution in [0.25, 0.3) is 0 Å². The molecule has 0 aliphatic heterocycles. The van der Waals surface area contributed by atoms with Gasteiger partial charge in [0, 0.05) is 35.4 Å². The van der Waals surface area contributed by atoms with Gasteiger partial charge in [-0.2, -0.15) is 0 Å². The lowest BCUT2D eigenvalue weighted by molar-refractivity contribution is -0.384. The molecule has 0 fully saturated rings. The second-order valence-electron chi connectivity index (χ2n) is 6.89. The van der Waals surface area contributed by atoms with Crippen LogP contribution in [0.3, 0.4) is 0 Å². The fraction of sp³-hybridized carbons (Fsp3) is 0.125. The van der Waals surface area contributed by atoms with Crippen molar-refractivity contribution in [2.75, 3.05) is 11.9 Å². The normalized spacial score (nSPS) is 11.2. The van der Waals surface area contributed by atoms with Crippen LogP contribution in [0.4, 0.5) is 11.4 Å². The zero-order valence-corrected chi connectivity index (χ0v) is 17.0. The Hall–Kier alpha value is -4.33. The minimum atomic E-state index is -1.02. The summed E-state index contributed by atoms with van der Waals surface area (Å²) in [5, 5.41) is 13.9. The number of esters is 1. The van der Waals surface area contributed by atoms with E-state index in [0.717, 1.165) is 6.07 Å². The lowest BCUT2D eigenvalue weighted by Gasteiger charge is -2.18. The number of hydrogen-bond donors (Lipinski definition) is 1. The maximum Gasteiger partial charge on any atom is 0.329 e. The zero-order valence-electron chi connectivity index (χ0n) is 17.0. The Morgan fingerprint density at radius 1 is 0.844 bits per heavy atom. The van der Waals surface area contributed by atoms with Crippen molar-refractivity contribution in [3.05, 3.63) is 106 Å². The predicted octanol–water partition coefficient (Wildman–Crippen LogP) is 4.07. The Labute approximate surface area is 184 Å². The second-order valence-corrected chi connectivity index (χ2v) is 6.89. The van der Waals surface area contributed by atoms with Crippen molar-refractivity contribution < 1.29 is 24.0 Å². The molecule has 3 aromatic carbocycles. The van der Waals surface area contributed by atoms with Crippen LogP contribution < -0.4 is 5.32 Å². The van der Waals surface area contributed by atoms with E-state index in [4.69, 9.17) is 4.74 Å². The van der Waals surface area contributed by atoms with Crippen LogP contribution in [0, 0.1) is 10.1 Å². The molecule has 8 nitrogen and oxygen atoms in total. The molecule has 0 heterocycles. The van der Waals surface area contributed by atoms with E-state index >= 15 is 0 Å². The van der Waals surface area contributed by atoms with Crippen molar-refractivity contribution in [1.82, 2.24) is 0 Å². The number of nitrogens with one attached hydrogen (secondary N) is 1. The molecule has 0 unspecified atom stereocenters. The molecule has 0 aliphatic carbocycles. The molecule has 3 aromatic rings. The molecule has 0 aromatic heterocycles. The first-order valence-electron chi connectivity index (χ1n) is 9.78. The Bertz CT molecular complexity index is 1120. The van der Waals surface area contributed by atoms with Crippen LogP contribution in [0.2, 0.25) is 0 Å². The van der Waals surface area contributed by atoms with Crippen LogP contribution in [0.1, 0.15) is 27.1 Å². The van der Waals surface area contributed by atoms with E-state index in [2.05, 4.69) is 5.32 Å². The highest BCUT2D eigenvalue weighted by atomic mass is 16.6. The van der Waals surface area contributed by atoms with Gasteiger partial charge in [-0.15, -0.1) is 0 Å². The SMILES string of the molecule is O=C(COC(=O)[C@H](CC(=O)c1ccccc1)Nc1ccccc1)c1cccc([N+](=O)[O-])c1. The molecule has 0 saturated carbocycles. The number of non-ortho nitro benzene ring substituents is 1. The number of benzene rings is 3. The zero-order chi connectivity index (χ0) is 22.9. The summed E-state index contributed by atoms with van der Waals surface area (Å²) in [6.07, 6.45) is -0.178. The Morgan fingerprint density at radius 3 is 2.12 bits per heavy atom. The number of Topliss-reactive ketones (excluding diaryl/α,β-unsaturated/α-hetero) is 2. The molecular weight excluding hydrogens is 412 g/mol. The first kappa shape index (κ1) is 22.4. The fourth-order valence-corrected chi connectivity index (χ4v) is 2.97. The van der Waals surface area contributed by atoms with E-state index in [0.29, 0.717) is 11.3 Å². The number of ketones is 2. The van der Waals surface area contributed by atoms with Crippen molar-refractivity contribution >= 4 is 28.9 Å². The standard InChI is InChI=1S/C24H20N2O6/c27-22(17-8-3-1-4-9-17)15-21(25-19-11-5-2-6-12-19)24(29)32-16-23(28)18-10-7-13-20(14-18)26(30)31/h1-14,21,25H,15-16H2/t21-/m0/s1. The Balaban J connectivity index is 1.70. The summed E-state index contributed by atoms with van der Waals surface area (Å²) in [4.78, 5) is 48.0. The molecule has 162 valence electrons. The molecule has 0 bridgehead atoms. The Kier molecular flexibility index (Phi) is 7.42. The first-order chi connectivity index (χ1) is 15.4. The molecule has 8 heteroatoms. The van der Waals surface area contributed by atoms with Gasteiger partial charge in [0.25, 0.3) is 5.69 Å². The molecule has 32 heavy (non-hydrogen) atoms. The maximum atomic E-state index is 12.7. The smallest absolute Gasteiger partial charge is 0.329 e. The summed E-state index contributed by atoms with van der Waals surface area (Å²) in [7, 11) is 0. The van der Waals surface area contributed by atoms with Gasteiger partial charge < -0.3 is 10.1 Å². The van der Waals surface area contributed by atoms with Crippen molar-refractivity contribution in [3.8, 4) is 0 Å². The number of carbonyl (C=O) groups excluding carboxylic acids is 3. The first-order valence-corrected chi connectivity index (χ1v) is 9.78. The van der Waals surface area contributed by atoms with E-state index in [-0.39, 0.29) is 23.5 Å². The summed E-state index contributed by atoms with van der Waals surface area (Å²) >= 11 is 0. The van der Waals surface area contributed by atoms with Crippen LogP contribution in [0.15, 0.2) is 84.9 Å².